The van der Waals surface area contributed by atoms with Crippen LogP contribution in [-0.2, 0) is 9.59 Å². The molecular weight excluding hydrogens is 266 g/mol. The summed E-state index contributed by atoms with van der Waals surface area (Å²) >= 11 is 0. The quantitative estimate of drug-likeness (QED) is 0.717. The van der Waals surface area contributed by atoms with E-state index in [1.54, 1.807) is 6.92 Å². The Labute approximate surface area is 128 Å². The van der Waals surface area contributed by atoms with E-state index in [1.807, 2.05) is 6.92 Å². The molecule has 21 heavy (non-hydrogen) atoms. The maximum atomic E-state index is 12.5. The van der Waals surface area contributed by atoms with E-state index in [9.17, 15) is 9.59 Å². The zero-order valence-electron chi connectivity index (χ0n) is 14.0. The fourth-order valence-corrected chi connectivity index (χ4v) is 3.10. The average Bonchev–Trinajstić information content (AvgIpc) is 2.41. The summed E-state index contributed by atoms with van der Waals surface area (Å²) in [5.41, 5.74) is 5.97. The van der Waals surface area contributed by atoms with Crippen LogP contribution < -0.4 is 16.4 Å². The number of nitrogens with one attached hydrogen (secondary N) is 2. The Morgan fingerprint density at radius 3 is 2.52 bits per heavy atom. The lowest BCUT2D eigenvalue weighted by Gasteiger charge is -2.46. The lowest BCUT2D eigenvalue weighted by atomic mass is 9.61. The molecule has 1 aliphatic rings. The van der Waals surface area contributed by atoms with Crippen molar-refractivity contribution in [3.8, 4) is 0 Å². The number of carbonyl (C=O) groups is 2. The molecule has 0 aliphatic heterocycles. The van der Waals surface area contributed by atoms with Crippen LogP contribution in [0.1, 0.15) is 53.9 Å². The Morgan fingerprint density at radius 1 is 1.33 bits per heavy atom. The summed E-state index contributed by atoms with van der Waals surface area (Å²) < 4.78 is 0. The van der Waals surface area contributed by atoms with Gasteiger partial charge in [-0.2, -0.15) is 0 Å². The van der Waals surface area contributed by atoms with Crippen molar-refractivity contribution < 1.29 is 9.59 Å². The van der Waals surface area contributed by atoms with Crippen molar-refractivity contribution in [1.29, 1.82) is 0 Å². The molecule has 1 rings (SSSR count). The van der Waals surface area contributed by atoms with E-state index < -0.39 is 6.04 Å². The first-order valence-corrected chi connectivity index (χ1v) is 8.05. The van der Waals surface area contributed by atoms with Crippen LogP contribution in [0.25, 0.3) is 0 Å². The highest BCUT2D eigenvalue weighted by atomic mass is 16.2. The number of carbonyl (C=O) groups excluding carboxylic acids is 2. The molecule has 0 spiro atoms. The highest BCUT2D eigenvalue weighted by Gasteiger charge is 2.45. The first-order chi connectivity index (χ1) is 9.71. The van der Waals surface area contributed by atoms with Crippen molar-refractivity contribution in [2.75, 3.05) is 6.54 Å². The average molecular weight is 297 g/mol. The normalized spacial score (nSPS) is 29.5. The lowest BCUT2D eigenvalue weighted by Crippen LogP contribution is -2.54. The van der Waals surface area contributed by atoms with Crippen molar-refractivity contribution >= 4 is 11.8 Å². The molecule has 0 saturated heterocycles. The molecule has 2 amide bonds. The molecule has 122 valence electrons. The van der Waals surface area contributed by atoms with Gasteiger partial charge >= 0.3 is 0 Å². The fourth-order valence-electron chi connectivity index (χ4n) is 3.10. The number of hydrogen-bond acceptors (Lipinski definition) is 3. The fraction of sp³-hybridized carbons (Fsp3) is 0.875. The summed E-state index contributed by atoms with van der Waals surface area (Å²) in [4.78, 5) is 24.4. The van der Waals surface area contributed by atoms with Crippen LogP contribution in [0.3, 0.4) is 0 Å². The minimum atomic E-state index is -0.495. The third-order valence-electron chi connectivity index (χ3n) is 5.12. The smallest absolute Gasteiger partial charge is 0.242 e. The van der Waals surface area contributed by atoms with E-state index in [2.05, 4.69) is 31.4 Å². The van der Waals surface area contributed by atoms with Crippen LogP contribution >= 0.6 is 0 Å². The lowest BCUT2D eigenvalue weighted by molar-refractivity contribution is -0.136. The standard InChI is InChI=1S/C16H31N3O2/c1-6-9-18-14(20)11(3)19-15(21)12-7-8-13(17)10(2)16(12,4)5/h10-13H,6-9,17H2,1-5H3,(H,18,20)(H,19,21). The Balaban J connectivity index is 2.64. The second kappa shape index (κ2) is 7.25. The molecule has 1 fully saturated rings. The Kier molecular flexibility index (Phi) is 6.20. The van der Waals surface area contributed by atoms with Crippen molar-refractivity contribution in [2.24, 2.45) is 23.0 Å². The van der Waals surface area contributed by atoms with Crippen LogP contribution in [0.5, 0.6) is 0 Å². The van der Waals surface area contributed by atoms with Gasteiger partial charge in [0, 0.05) is 18.5 Å². The van der Waals surface area contributed by atoms with Gasteiger partial charge in [-0.25, -0.2) is 0 Å². The van der Waals surface area contributed by atoms with E-state index in [0.717, 1.165) is 19.3 Å². The summed E-state index contributed by atoms with van der Waals surface area (Å²) in [5.74, 6) is 0.0430. The van der Waals surface area contributed by atoms with Crippen molar-refractivity contribution in [3.63, 3.8) is 0 Å². The molecule has 0 heterocycles. The third-order valence-corrected chi connectivity index (χ3v) is 5.12. The van der Waals surface area contributed by atoms with Crippen LogP contribution in [0, 0.1) is 17.3 Å². The summed E-state index contributed by atoms with van der Waals surface area (Å²) in [6, 6.07) is -0.347. The van der Waals surface area contributed by atoms with Gasteiger partial charge < -0.3 is 16.4 Å². The number of hydrogen-bond donors (Lipinski definition) is 3. The molecule has 0 bridgehead atoms. The van der Waals surface area contributed by atoms with Gasteiger partial charge in [-0.1, -0.05) is 27.7 Å². The van der Waals surface area contributed by atoms with E-state index in [-0.39, 0.29) is 35.1 Å². The Hall–Kier alpha value is -1.10. The summed E-state index contributed by atoms with van der Waals surface area (Å²) in [7, 11) is 0. The molecular formula is C16H31N3O2. The molecule has 0 aromatic carbocycles. The second-order valence-electron chi connectivity index (χ2n) is 6.93. The Bertz CT molecular complexity index is 382. The maximum absolute atomic E-state index is 12.5. The van der Waals surface area contributed by atoms with Gasteiger partial charge in [0.1, 0.15) is 6.04 Å². The van der Waals surface area contributed by atoms with Gasteiger partial charge in [0.2, 0.25) is 11.8 Å². The predicted octanol–water partition coefficient (Wildman–Crippen LogP) is 1.42. The number of amides is 2. The predicted molar refractivity (Wildman–Crippen MR) is 84.5 cm³/mol. The topological polar surface area (TPSA) is 84.2 Å². The molecule has 1 aliphatic carbocycles. The maximum Gasteiger partial charge on any atom is 0.242 e. The molecule has 4 N–H and O–H groups in total. The largest absolute Gasteiger partial charge is 0.354 e. The zero-order valence-corrected chi connectivity index (χ0v) is 14.0. The highest BCUT2D eigenvalue weighted by molar-refractivity contribution is 5.88. The van der Waals surface area contributed by atoms with Crippen molar-refractivity contribution in [2.45, 2.75) is 66.0 Å². The monoisotopic (exact) mass is 297 g/mol. The molecule has 5 nitrogen and oxygen atoms in total. The first-order valence-electron chi connectivity index (χ1n) is 8.05. The molecule has 5 heteroatoms. The second-order valence-corrected chi connectivity index (χ2v) is 6.93. The van der Waals surface area contributed by atoms with Crippen LogP contribution in [0.2, 0.25) is 0 Å². The zero-order chi connectivity index (χ0) is 16.2. The summed E-state index contributed by atoms with van der Waals surface area (Å²) in [6.07, 6.45) is 2.53. The van der Waals surface area contributed by atoms with Gasteiger partial charge in [0.05, 0.1) is 0 Å². The molecule has 0 aromatic rings. The summed E-state index contributed by atoms with van der Waals surface area (Å²) in [6.45, 7) is 10.7. The molecule has 0 aromatic heterocycles. The van der Waals surface area contributed by atoms with Gasteiger partial charge in [-0.15, -0.1) is 0 Å². The van der Waals surface area contributed by atoms with Crippen LogP contribution in [-0.4, -0.2) is 30.4 Å². The van der Waals surface area contributed by atoms with E-state index in [4.69, 9.17) is 5.73 Å². The SMILES string of the molecule is CCCNC(=O)C(C)NC(=O)C1CCC(N)C(C)C1(C)C. The molecule has 4 atom stereocenters. The molecule has 0 radical (unpaired) electrons. The third kappa shape index (κ3) is 4.19. The van der Waals surface area contributed by atoms with Gasteiger partial charge in [0.15, 0.2) is 0 Å². The van der Waals surface area contributed by atoms with Crippen molar-refractivity contribution in [3.05, 3.63) is 0 Å². The van der Waals surface area contributed by atoms with E-state index in [0.29, 0.717) is 6.54 Å². The van der Waals surface area contributed by atoms with Crippen molar-refractivity contribution in [1.82, 2.24) is 10.6 Å². The van der Waals surface area contributed by atoms with Gasteiger partial charge in [-0.3, -0.25) is 9.59 Å². The van der Waals surface area contributed by atoms with Crippen LogP contribution in [0.4, 0.5) is 0 Å². The Morgan fingerprint density at radius 2 is 1.95 bits per heavy atom. The van der Waals surface area contributed by atoms with Gasteiger partial charge in [0.25, 0.3) is 0 Å². The van der Waals surface area contributed by atoms with E-state index >= 15 is 0 Å². The molecule has 4 unspecified atom stereocenters. The summed E-state index contributed by atoms with van der Waals surface area (Å²) in [5, 5.41) is 5.66. The number of rotatable bonds is 5. The number of nitrogens with two attached hydrogens (primary N) is 1. The molecule has 1 saturated carbocycles. The first kappa shape index (κ1) is 18.0. The minimum absolute atomic E-state index is 0.0297. The highest BCUT2D eigenvalue weighted by Crippen LogP contribution is 2.44. The minimum Gasteiger partial charge on any atom is -0.354 e. The van der Waals surface area contributed by atoms with E-state index in [1.165, 1.54) is 0 Å². The van der Waals surface area contributed by atoms with Gasteiger partial charge in [-0.05, 0) is 37.5 Å². The van der Waals surface area contributed by atoms with Crippen LogP contribution in [0.15, 0.2) is 0 Å².